The van der Waals surface area contributed by atoms with Crippen LogP contribution in [-0.4, -0.2) is 44.5 Å². The first-order valence-electron chi connectivity index (χ1n) is 6.46. The van der Waals surface area contributed by atoms with Gasteiger partial charge in [-0.1, -0.05) is 0 Å². The summed E-state index contributed by atoms with van der Waals surface area (Å²) in [4.78, 5) is 13.2. The Hall–Kier alpha value is -1.75. The number of carbonyl (C=O) groups is 1. The van der Waals surface area contributed by atoms with Gasteiger partial charge in [0.05, 0.1) is 17.9 Å². The van der Waals surface area contributed by atoms with E-state index in [1.807, 2.05) is 0 Å². The second-order valence-electron chi connectivity index (χ2n) is 4.52. The Kier molecular flexibility index (Phi) is 4.63. The zero-order valence-electron chi connectivity index (χ0n) is 11.1. The minimum atomic E-state index is -0.913. The molecule has 1 saturated heterocycles. The van der Waals surface area contributed by atoms with Gasteiger partial charge in [-0.15, -0.1) is 0 Å². The highest BCUT2D eigenvalue weighted by Gasteiger charge is 2.18. The SMILES string of the molecule is COCCOc1ccc(C(=O)O)cc1N1CCCC1. The normalized spacial score (nSPS) is 14.7. The number of aromatic carboxylic acids is 1. The number of hydrogen-bond acceptors (Lipinski definition) is 4. The van der Waals surface area contributed by atoms with Crippen LogP contribution in [0.2, 0.25) is 0 Å². The highest BCUT2D eigenvalue weighted by molar-refractivity contribution is 5.89. The molecule has 104 valence electrons. The van der Waals surface area contributed by atoms with Crippen LogP contribution in [0.5, 0.6) is 5.75 Å². The van der Waals surface area contributed by atoms with Gasteiger partial charge in [-0.2, -0.15) is 0 Å². The van der Waals surface area contributed by atoms with Gasteiger partial charge in [0.25, 0.3) is 0 Å². The lowest BCUT2D eigenvalue weighted by Gasteiger charge is -2.21. The summed E-state index contributed by atoms with van der Waals surface area (Å²) in [6.07, 6.45) is 2.27. The fraction of sp³-hybridized carbons (Fsp3) is 0.500. The second kappa shape index (κ2) is 6.43. The number of hydrogen-bond donors (Lipinski definition) is 1. The van der Waals surface area contributed by atoms with Crippen LogP contribution in [-0.2, 0) is 4.74 Å². The molecule has 0 unspecified atom stereocenters. The Balaban J connectivity index is 2.22. The van der Waals surface area contributed by atoms with Crippen molar-refractivity contribution >= 4 is 11.7 Å². The molecule has 19 heavy (non-hydrogen) atoms. The summed E-state index contributed by atoms with van der Waals surface area (Å²) in [5, 5.41) is 9.08. The van der Waals surface area contributed by atoms with Crippen LogP contribution in [0, 0.1) is 0 Å². The van der Waals surface area contributed by atoms with Crippen molar-refractivity contribution in [2.45, 2.75) is 12.8 Å². The predicted octanol–water partition coefficient (Wildman–Crippen LogP) is 2.01. The zero-order valence-corrected chi connectivity index (χ0v) is 11.1. The molecule has 1 aliphatic heterocycles. The highest BCUT2D eigenvalue weighted by atomic mass is 16.5. The fourth-order valence-electron chi connectivity index (χ4n) is 2.21. The molecule has 5 nitrogen and oxygen atoms in total. The van der Waals surface area contributed by atoms with E-state index >= 15 is 0 Å². The average Bonchev–Trinajstić information content (AvgIpc) is 2.93. The van der Waals surface area contributed by atoms with Gasteiger partial charge >= 0.3 is 5.97 Å². The van der Waals surface area contributed by atoms with Crippen LogP contribution in [0.15, 0.2) is 18.2 Å². The summed E-state index contributed by atoms with van der Waals surface area (Å²) in [5.41, 5.74) is 1.16. The standard InChI is InChI=1S/C14H19NO4/c1-18-8-9-19-13-5-4-11(14(16)17)10-12(13)15-6-2-3-7-15/h4-5,10H,2-3,6-9H2,1H3,(H,16,17). The second-order valence-corrected chi connectivity index (χ2v) is 4.52. The first kappa shape index (κ1) is 13.7. The molecule has 0 aromatic heterocycles. The molecule has 0 atom stereocenters. The van der Waals surface area contributed by atoms with Crippen molar-refractivity contribution in [1.82, 2.24) is 0 Å². The Bertz CT molecular complexity index is 441. The van der Waals surface area contributed by atoms with Crippen LogP contribution in [0.1, 0.15) is 23.2 Å². The number of anilines is 1. The van der Waals surface area contributed by atoms with Gasteiger partial charge in [-0.05, 0) is 31.0 Å². The van der Waals surface area contributed by atoms with E-state index in [0.29, 0.717) is 18.8 Å². The Labute approximate surface area is 112 Å². The van der Waals surface area contributed by atoms with Crippen molar-refractivity contribution in [2.75, 3.05) is 38.3 Å². The van der Waals surface area contributed by atoms with Gasteiger partial charge < -0.3 is 19.5 Å². The zero-order chi connectivity index (χ0) is 13.7. The van der Waals surface area contributed by atoms with Crippen molar-refractivity contribution < 1.29 is 19.4 Å². The van der Waals surface area contributed by atoms with E-state index in [2.05, 4.69) is 4.90 Å². The van der Waals surface area contributed by atoms with E-state index in [9.17, 15) is 4.79 Å². The molecular weight excluding hydrogens is 246 g/mol. The molecule has 2 rings (SSSR count). The number of nitrogens with zero attached hydrogens (tertiary/aromatic N) is 1. The Morgan fingerprint density at radius 1 is 1.32 bits per heavy atom. The largest absolute Gasteiger partial charge is 0.489 e. The van der Waals surface area contributed by atoms with Gasteiger partial charge in [0.2, 0.25) is 0 Å². The monoisotopic (exact) mass is 265 g/mol. The molecule has 0 spiro atoms. The van der Waals surface area contributed by atoms with E-state index in [0.717, 1.165) is 37.4 Å². The molecule has 0 amide bonds. The van der Waals surface area contributed by atoms with Gasteiger partial charge in [-0.3, -0.25) is 0 Å². The smallest absolute Gasteiger partial charge is 0.335 e. The Morgan fingerprint density at radius 3 is 2.68 bits per heavy atom. The molecule has 1 heterocycles. The molecule has 1 aliphatic rings. The molecule has 0 saturated carbocycles. The molecule has 0 radical (unpaired) electrons. The maximum Gasteiger partial charge on any atom is 0.335 e. The third-order valence-electron chi connectivity index (χ3n) is 3.20. The minimum absolute atomic E-state index is 0.293. The third kappa shape index (κ3) is 3.38. The van der Waals surface area contributed by atoms with Crippen molar-refractivity contribution in [3.8, 4) is 5.75 Å². The maximum atomic E-state index is 11.1. The van der Waals surface area contributed by atoms with E-state index < -0.39 is 5.97 Å². The molecule has 1 aromatic rings. The molecule has 1 aromatic carbocycles. The van der Waals surface area contributed by atoms with E-state index in [1.165, 1.54) is 0 Å². The van der Waals surface area contributed by atoms with Crippen molar-refractivity contribution in [3.05, 3.63) is 23.8 Å². The van der Waals surface area contributed by atoms with Gasteiger partial charge in [0.1, 0.15) is 12.4 Å². The number of methoxy groups -OCH3 is 1. The van der Waals surface area contributed by atoms with Gasteiger partial charge in [0, 0.05) is 20.2 Å². The number of rotatable bonds is 6. The van der Waals surface area contributed by atoms with Crippen molar-refractivity contribution in [1.29, 1.82) is 0 Å². The highest BCUT2D eigenvalue weighted by Crippen LogP contribution is 2.32. The molecule has 1 N–H and O–H groups in total. The van der Waals surface area contributed by atoms with Crippen LogP contribution >= 0.6 is 0 Å². The van der Waals surface area contributed by atoms with Crippen LogP contribution in [0.4, 0.5) is 5.69 Å². The minimum Gasteiger partial charge on any atom is -0.489 e. The first-order chi connectivity index (χ1) is 9.22. The summed E-state index contributed by atoms with van der Waals surface area (Å²) >= 11 is 0. The topological polar surface area (TPSA) is 59.0 Å². The number of carboxylic acids is 1. The van der Waals surface area contributed by atoms with Gasteiger partial charge in [0.15, 0.2) is 0 Å². The summed E-state index contributed by atoms with van der Waals surface area (Å²) in [6, 6.07) is 4.99. The van der Waals surface area contributed by atoms with E-state index in [1.54, 1.807) is 25.3 Å². The average molecular weight is 265 g/mol. The van der Waals surface area contributed by atoms with Crippen molar-refractivity contribution in [3.63, 3.8) is 0 Å². The maximum absolute atomic E-state index is 11.1. The summed E-state index contributed by atoms with van der Waals surface area (Å²) in [5.74, 6) is -0.187. The first-order valence-corrected chi connectivity index (χ1v) is 6.46. The van der Waals surface area contributed by atoms with Crippen LogP contribution in [0.25, 0.3) is 0 Å². The molecule has 1 fully saturated rings. The number of benzene rings is 1. The lowest BCUT2D eigenvalue weighted by Crippen LogP contribution is -2.19. The van der Waals surface area contributed by atoms with Gasteiger partial charge in [-0.25, -0.2) is 4.79 Å². The number of ether oxygens (including phenoxy) is 2. The summed E-state index contributed by atoms with van der Waals surface area (Å²) < 4.78 is 10.6. The quantitative estimate of drug-likeness (QED) is 0.797. The lowest BCUT2D eigenvalue weighted by atomic mass is 10.1. The van der Waals surface area contributed by atoms with Crippen LogP contribution in [0.3, 0.4) is 0 Å². The lowest BCUT2D eigenvalue weighted by molar-refractivity contribution is 0.0697. The molecule has 0 bridgehead atoms. The molecule has 0 aliphatic carbocycles. The molecular formula is C14H19NO4. The van der Waals surface area contributed by atoms with E-state index in [4.69, 9.17) is 14.6 Å². The predicted molar refractivity (Wildman–Crippen MR) is 72.2 cm³/mol. The summed E-state index contributed by atoms with van der Waals surface area (Å²) in [6.45, 7) is 2.87. The van der Waals surface area contributed by atoms with Crippen LogP contribution < -0.4 is 9.64 Å². The number of carboxylic acid groups (broad SMARTS) is 1. The van der Waals surface area contributed by atoms with E-state index in [-0.39, 0.29) is 0 Å². The Morgan fingerprint density at radius 2 is 2.05 bits per heavy atom. The third-order valence-corrected chi connectivity index (χ3v) is 3.20. The van der Waals surface area contributed by atoms with Crippen molar-refractivity contribution in [2.24, 2.45) is 0 Å². The summed E-state index contributed by atoms with van der Waals surface area (Å²) in [7, 11) is 1.62. The fourth-order valence-corrected chi connectivity index (χ4v) is 2.21. The molecule has 5 heteroatoms.